The second-order valence-electron chi connectivity index (χ2n) is 3.78. The number of nitrogens with one attached hydrogen (secondary N) is 1. The van der Waals surface area contributed by atoms with Gasteiger partial charge in [0.05, 0.1) is 6.04 Å². The molecular formula is C12H11BrClIN2S. The largest absolute Gasteiger partial charge is 0.271 e. The van der Waals surface area contributed by atoms with E-state index in [2.05, 4.69) is 55.4 Å². The summed E-state index contributed by atoms with van der Waals surface area (Å²) in [6, 6.07) is 7.98. The van der Waals surface area contributed by atoms with Crippen LogP contribution in [0, 0.1) is 3.57 Å². The molecule has 1 heterocycles. The molecule has 0 saturated carbocycles. The highest BCUT2D eigenvalue weighted by Crippen LogP contribution is 2.30. The van der Waals surface area contributed by atoms with Crippen molar-refractivity contribution in [3.63, 3.8) is 0 Å². The average molecular weight is 458 g/mol. The fourth-order valence-electron chi connectivity index (χ4n) is 1.70. The van der Waals surface area contributed by atoms with Crippen LogP contribution in [0.25, 0.3) is 0 Å². The monoisotopic (exact) mass is 456 g/mol. The van der Waals surface area contributed by atoms with Crippen molar-refractivity contribution < 1.29 is 0 Å². The highest BCUT2D eigenvalue weighted by Gasteiger charge is 2.16. The molecule has 0 amide bonds. The first-order valence-corrected chi connectivity index (χ1v) is 8.37. The molecule has 2 nitrogen and oxygen atoms in total. The predicted octanol–water partition coefficient (Wildman–Crippen LogP) is 4.52. The Balaban J connectivity index is 2.28. The Bertz CT molecular complexity index is 547. The molecule has 1 unspecified atom stereocenters. The molecule has 18 heavy (non-hydrogen) atoms. The molecule has 2 aromatic rings. The molecule has 0 aliphatic carbocycles. The van der Waals surface area contributed by atoms with Gasteiger partial charge >= 0.3 is 0 Å². The number of benzene rings is 1. The zero-order valence-electron chi connectivity index (χ0n) is 9.29. The van der Waals surface area contributed by atoms with E-state index in [1.54, 1.807) is 11.3 Å². The van der Waals surface area contributed by atoms with Gasteiger partial charge in [-0.25, -0.2) is 0 Å². The Morgan fingerprint density at radius 3 is 2.83 bits per heavy atom. The third-order valence-corrected chi connectivity index (χ3v) is 5.78. The predicted molar refractivity (Wildman–Crippen MR) is 90.0 cm³/mol. The molecule has 0 radical (unpaired) electrons. The lowest BCUT2D eigenvalue weighted by Crippen LogP contribution is -2.30. The molecule has 0 bridgehead atoms. The minimum Gasteiger partial charge on any atom is -0.271 e. The normalized spacial score (nSPS) is 12.7. The Morgan fingerprint density at radius 1 is 1.44 bits per heavy atom. The molecule has 1 aromatic heterocycles. The van der Waals surface area contributed by atoms with E-state index < -0.39 is 0 Å². The summed E-state index contributed by atoms with van der Waals surface area (Å²) in [5.74, 6) is 5.68. The van der Waals surface area contributed by atoms with Crippen LogP contribution < -0.4 is 11.3 Å². The van der Waals surface area contributed by atoms with E-state index >= 15 is 0 Å². The van der Waals surface area contributed by atoms with Crippen molar-refractivity contribution in [1.82, 2.24) is 5.43 Å². The number of hydrazine groups is 1. The van der Waals surface area contributed by atoms with E-state index in [0.29, 0.717) is 0 Å². The maximum absolute atomic E-state index is 6.05. The van der Waals surface area contributed by atoms with Crippen molar-refractivity contribution in [3.8, 4) is 0 Å². The maximum Gasteiger partial charge on any atom is 0.0519 e. The summed E-state index contributed by atoms with van der Waals surface area (Å²) in [5.41, 5.74) is 4.00. The topological polar surface area (TPSA) is 38.0 Å². The van der Waals surface area contributed by atoms with Crippen LogP contribution in [0.15, 0.2) is 34.1 Å². The van der Waals surface area contributed by atoms with Gasteiger partial charge in [0.15, 0.2) is 0 Å². The van der Waals surface area contributed by atoms with Crippen molar-refractivity contribution in [2.45, 2.75) is 12.5 Å². The number of halogens is 3. The van der Waals surface area contributed by atoms with Crippen LogP contribution >= 0.6 is 61.5 Å². The van der Waals surface area contributed by atoms with Gasteiger partial charge in [-0.1, -0.05) is 11.6 Å². The first-order valence-electron chi connectivity index (χ1n) is 5.24. The zero-order valence-corrected chi connectivity index (χ0v) is 14.6. The Morgan fingerprint density at radius 2 is 2.22 bits per heavy atom. The lowest BCUT2D eigenvalue weighted by Gasteiger charge is -2.17. The van der Waals surface area contributed by atoms with Gasteiger partial charge in [0, 0.05) is 24.4 Å². The van der Waals surface area contributed by atoms with Gasteiger partial charge < -0.3 is 0 Å². The van der Waals surface area contributed by atoms with Crippen molar-refractivity contribution in [1.29, 1.82) is 0 Å². The number of thiophene rings is 1. The second kappa shape index (κ2) is 6.67. The van der Waals surface area contributed by atoms with E-state index in [1.165, 1.54) is 4.88 Å². The van der Waals surface area contributed by atoms with Crippen LogP contribution in [0.2, 0.25) is 5.02 Å². The fourth-order valence-corrected chi connectivity index (χ4v) is 4.15. The molecule has 0 aliphatic rings. The summed E-state index contributed by atoms with van der Waals surface area (Å²) in [4.78, 5) is 1.27. The SMILES string of the molecule is NNC(Cc1sccc1Br)c1cc(Cl)ccc1I. The summed E-state index contributed by atoms with van der Waals surface area (Å²) >= 11 is 13.6. The molecule has 0 aliphatic heterocycles. The van der Waals surface area contributed by atoms with Crippen LogP contribution in [0.1, 0.15) is 16.5 Å². The Hall–Kier alpha value is 0.340. The third kappa shape index (κ3) is 3.46. The molecule has 2 rings (SSSR count). The smallest absolute Gasteiger partial charge is 0.0519 e. The Kier molecular flexibility index (Phi) is 5.47. The Labute approximate surface area is 137 Å². The molecule has 1 atom stereocenters. The highest BCUT2D eigenvalue weighted by atomic mass is 127. The minimum atomic E-state index is 0.0607. The van der Waals surface area contributed by atoms with Gasteiger partial charge in [-0.3, -0.25) is 11.3 Å². The average Bonchev–Trinajstić information content (AvgIpc) is 2.75. The van der Waals surface area contributed by atoms with Crippen LogP contribution in [0.4, 0.5) is 0 Å². The quantitative estimate of drug-likeness (QED) is 0.403. The number of hydrogen-bond acceptors (Lipinski definition) is 3. The van der Waals surface area contributed by atoms with Crippen LogP contribution in [-0.2, 0) is 6.42 Å². The van der Waals surface area contributed by atoms with Crippen LogP contribution in [0.3, 0.4) is 0 Å². The summed E-state index contributed by atoms with van der Waals surface area (Å²) < 4.78 is 2.29. The fraction of sp³-hybridized carbons (Fsp3) is 0.167. The zero-order chi connectivity index (χ0) is 13.1. The van der Waals surface area contributed by atoms with E-state index in [-0.39, 0.29) is 6.04 Å². The number of rotatable bonds is 4. The highest BCUT2D eigenvalue weighted by molar-refractivity contribution is 14.1. The second-order valence-corrected chi connectivity index (χ2v) is 7.23. The van der Waals surface area contributed by atoms with Gasteiger partial charge in [-0.15, -0.1) is 11.3 Å². The van der Waals surface area contributed by atoms with Gasteiger partial charge in [0.25, 0.3) is 0 Å². The first kappa shape index (κ1) is 14.7. The summed E-state index contributed by atoms with van der Waals surface area (Å²) in [6.45, 7) is 0. The molecule has 1 aromatic carbocycles. The van der Waals surface area contributed by atoms with Crippen molar-refractivity contribution in [2.24, 2.45) is 5.84 Å². The van der Waals surface area contributed by atoms with E-state index in [9.17, 15) is 0 Å². The summed E-state index contributed by atoms with van der Waals surface area (Å²) in [5, 5.41) is 2.80. The van der Waals surface area contributed by atoms with E-state index in [0.717, 1.165) is 25.0 Å². The molecule has 3 N–H and O–H groups in total. The summed E-state index contributed by atoms with van der Waals surface area (Å²) in [6.07, 6.45) is 0.838. The maximum atomic E-state index is 6.05. The summed E-state index contributed by atoms with van der Waals surface area (Å²) in [7, 11) is 0. The first-order chi connectivity index (χ1) is 8.61. The van der Waals surface area contributed by atoms with Gasteiger partial charge in [-0.2, -0.15) is 0 Å². The molecule has 96 valence electrons. The lowest BCUT2D eigenvalue weighted by atomic mass is 10.0. The third-order valence-electron chi connectivity index (χ3n) is 2.62. The lowest BCUT2D eigenvalue weighted by molar-refractivity contribution is 0.553. The minimum absolute atomic E-state index is 0.0607. The number of nitrogens with two attached hydrogens (primary N) is 1. The molecular weight excluding hydrogens is 446 g/mol. The molecule has 0 spiro atoms. The van der Waals surface area contributed by atoms with Crippen LogP contribution in [-0.4, -0.2) is 0 Å². The number of hydrogen-bond donors (Lipinski definition) is 2. The van der Waals surface area contributed by atoms with Crippen molar-refractivity contribution >= 4 is 61.5 Å². The molecule has 0 saturated heterocycles. The standard InChI is InChI=1S/C12H11BrClIN2S/c13-9-3-4-18-12(9)6-11(17-16)8-5-7(14)1-2-10(8)15/h1-5,11,17H,6,16H2. The van der Waals surface area contributed by atoms with Gasteiger partial charge in [0.1, 0.15) is 0 Å². The van der Waals surface area contributed by atoms with Gasteiger partial charge in [-0.05, 0) is 73.7 Å². The van der Waals surface area contributed by atoms with Crippen molar-refractivity contribution in [3.05, 3.63) is 53.2 Å². The van der Waals surface area contributed by atoms with E-state index in [4.69, 9.17) is 17.4 Å². The van der Waals surface area contributed by atoms with Crippen LogP contribution in [0.5, 0.6) is 0 Å². The molecule has 6 heteroatoms. The molecule has 0 fully saturated rings. The van der Waals surface area contributed by atoms with Crippen molar-refractivity contribution in [2.75, 3.05) is 0 Å². The van der Waals surface area contributed by atoms with E-state index in [1.807, 2.05) is 18.2 Å². The van der Waals surface area contributed by atoms with Gasteiger partial charge in [0.2, 0.25) is 0 Å².